The molecule has 0 aromatic carbocycles. The van der Waals surface area contributed by atoms with Gasteiger partial charge in [-0.3, -0.25) is 4.98 Å². The summed E-state index contributed by atoms with van der Waals surface area (Å²) >= 11 is 4.07. The lowest BCUT2D eigenvalue weighted by Gasteiger charge is -2.34. The third-order valence-electron chi connectivity index (χ3n) is 3.17. The first-order valence-corrected chi connectivity index (χ1v) is 8.69. The highest BCUT2D eigenvalue weighted by Gasteiger charge is 2.33. The topological polar surface area (TPSA) is 47.0 Å². The van der Waals surface area contributed by atoms with Gasteiger partial charge in [0.15, 0.2) is 0 Å². The Kier molecular flexibility index (Phi) is 5.78. The van der Waals surface area contributed by atoms with Gasteiger partial charge in [0.05, 0.1) is 13.2 Å². The van der Waals surface area contributed by atoms with Crippen LogP contribution in [0.5, 0.6) is 5.88 Å². The number of hydrogen-bond acceptors (Lipinski definition) is 6. The zero-order valence-corrected chi connectivity index (χ0v) is 13.3. The van der Waals surface area contributed by atoms with Crippen molar-refractivity contribution < 1.29 is 4.74 Å². The Balaban J connectivity index is 2.27. The molecule has 0 spiro atoms. The molecule has 3 unspecified atom stereocenters. The number of hydrogen-bond donors (Lipinski definition) is 1. The lowest BCUT2D eigenvalue weighted by atomic mass is 10.1. The molecule has 1 aromatic rings. The first kappa shape index (κ1) is 14.9. The second kappa shape index (κ2) is 7.36. The van der Waals surface area contributed by atoms with Crippen LogP contribution < -0.4 is 10.1 Å². The quantitative estimate of drug-likeness (QED) is 0.901. The van der Waals surface area contributed by atoms with Gasteiger partial charge in [0.2, 0.25) is 5.88 Å². The van der Waals surface area contributed by atoms with E-state index >= 15 is 0 Å². The van der Waals surface area contributed by atoms with Gasteiger partial charge in [-0.2, -0.15) is 23.5 Å². The number of thioether (sulfide) groups is 2. The molecule has 0 saturated carbocycles. The first-order chi connectivity index (χ1) is 9.27. The smallest absolute Gasteiger partial charge is 0.237 e. The van der Waals surface area contributed by atoms with Gasteiger partial charge in [-0.25, -0.2) is 4.98 Å². The molecule has 1 aliphatic rings. The van der Waals surface area contributed by atoms with Gasteiger partial charge in [-0.05, 0) is 6.54 Å². The molecule has 6 heteroatoms. The van der Waals surface area contributed by atoms with Crippen LogP contribution in [0.1, 0.15) is 25.6 Å². The predicted octanol–water partition coefficient (Wildman–Crippen LogP) is 2.37. The van der Waals surface area contributed by atoms with Crippen molar-refractivity contribution in [2.24, 2.45) is 0 Å². The standard InChI is InChI=1S/C13H21N3OS2/c1-4-14-10(12-9(2)18-7-8-19-12)11-13(17-3)16-6-5-15-11/h5-6,9-10,12,14H,4,7-8H2,1-3H3. The second-order valence-electron chi connectivity index (χ2n) is 4.40. The SMILES string of the molecule is CCNC(c1nccnc1OC)C1SCCSC1C. The Bertz CT molecular complexity index is 405. The summed E-state index contributed by atoms with van der Waals surface area (Å²) in [5.74, 6) is 3.07. The fourth-order valence-corrected chi connectivity index (χ4v) is 5.23. The highest BCUT2D eigenvalue weighted by atomic mass is 32.2. The van der Waals surface area contributed by atoms with E-state index in [2.05, 4.69) is 29.1 Å². The molecule has 19 heavy (non-hydrogen) atoms. The van der Waals surface area contributed by atoms with Gasteiger partial charge in [-0.15, -0.1) is 0 Å². The lowest BCUT2D eigenvalue weighted by molar-refractivity contribution is 0.375. The Morgan fingerprint density at radius 1 is 1.37 bits per heavy atom. The summed E-state index contributed by atoms with van der Waals surface area (Å²) in [7, 11) is 1.66. The number of nitrogens with zero attached hydrogens (tertiary/aromatic N) is 2. The molecule has 4 nitrogen and oxygen atoms in total. The summed E-state index contributed by atoms with van der Waals surface area (Å²) in [6, 6.07) is 0.196. The third kappa shape index (κ3) is 3.55. The van der Waals surface area contributed by atoms with E-state index in [4.69, 9.17) is 4.74 Å². The van der Waals surface area contributed by atoms with E-state index in [0.717, 1.165) is 12.2 Å². The summed E-state index contributed by atoms with van der Waals surface area (Å²) in [6.07, 6.45) is 3.42. The van der Waals surface area contributed by atoms with E-state index in [-0.39, 0.29) is 6.04 Å². The van der Waals surface area contributed by atoms with E-state index in [9.17, 15) is 0 Å². The number of aromatic nitrogens is 2. The molecule has 1 fully saturated rings. The maximum atomic E-state index is 5.37. The molecule has 106 valence electrons. The molecule has 0 amide bonds. The van der Waals surface area contributed by atoms with Crippen molar-refractivity contribution in [3.63, 3.8) is 0 Å². The van der Waals surface area contributed by atoms with Gasteiger partial charge in [-0.1, -0.05) is 13.8 Å². The van der Waals surface area contributed by atoms with Crippen molar-refractivity contribution in [2.75, 3.05) is 25.2 Å². The van der Waals surface area contributed by atoms with Crippen LogP contribution in [0.3, 0.4) is 0 Å². The molecule has 1 aromatic heterocycles. The monoisotopic (exact) mass is 299 g/mol. The van der Waals surface area contributed by atoms with Crippen LogP contribution in [0.25, 0.3) is 0 Å². The van der Waals surface area contributed by atoms with Crippen molar-refractivity contribution in [3.8, 4) is 5.88 Å². The Hall–Kier alpha value is -0.460. The highest BCUT2D eigenvalue weighted by Crippen LogP contribution is 2.39. The first-order valence-electron chi connectivity index (χ1n) is 6.59. The molecule has 1 N–H and O–H groups in total. The van der Waals surface area contributed by atoms with Crippen LogP contribution in [0.15, 0.2) is 12.4 Å². The normalized spacial score (nSPS) is 25.0. The zero-order chi connectivity index (χ0) is 13.7. The Labute approximate surface area is 123 Å². The molecular formula is C13H21N3OS2. The fraction of sp³-hybridized carbons (Fsp3) is 0.692. The zero-order valence-electron chi connectivity index (χ0n) is 11.6. The molecule has 2 heterocycles. The number of ether oxygens (including phenoxy) is 1. The molecule has 1 aliphatic heterocycles. The molecule has 1 saturated heterocycles. The fourth-order valence-electron chi connectivity index (χ4n) is 2.31. The lowest BCUT2D eigenvalue weighted by Crippen LogP contribution is -2.38. The maximum Gasteiger partial charge on any atom is 0.237 e. The van der Waals surface area contributed by atoms with E-state index in [1.54, 1.807) is 19.5 Å². The number of nitrogens with one attached hydrogen (secondary N) is 1. The van der Waals surface area contributed by atoms with Crippen LogP contribution in [-0.4, -0.2) is 45.6 Å². The van der Waals surface area contributed by atoms with E-state index in [1.165, 1.54) is 11.5 Å². The summed E-state index contributed by atoms with van der Waals surface area (Å²) in [5.41, 5.74) is 0.929. The van der Waals surface area contributed by atoms with Crippen LogP contribution in [0.4, 0.5) is 0 Å². The van der Waals surface area contributed by atoms with Crippen LogP contribution in [-0.2, 0) is 0 Å². The van der Waals surface area contributed by atoms with E-state index in [0.29, 0.717) is 16.4 Å². The van der Waals surface area contributed by atoms with Crippen molar-refractivity contribution in [1.82, 2.24) is 15.3 Å². The van der Waals surface area contributed by atoms with Crippen LogP contribution in [0, 0.1) is 0 Å². The van der Waals surface area contributed by atoms with Gasteiger partial charge in [0, 0.05) is 34.4 Å². The van der Waals surface area contributed by atoms with Crippen molar-refractivity contribution in [2.45, 2.75) is 30.4 Å². The summed E-state index contributed by atoms with van der Waals surface area (Å²) in [6.45, 7) is 5.34. The van der Waals surface area contributed by atoms with Crippen molar-refractivity contribution in [1.29, 1.82) is 0 Å². The molecule has 0 aliphatic carbocycles. The highest BCUT2D eigenvalue weighted by molar-refractivity contribution is 8.07. The number of rotatable bonds is 5. The average Bonchev–Trinajstić information content (AvgIpc) is 2.46. The van der Waals surface area contributed by atoms with Gasteiger partial charge >= 0.3 is 0 Å². The minimum atomic E-state index is 0.196. The third-order valence-corrected chi connectivity index (χ3v) is 6.36. The molecule has 0 radical (unpaired) electrons. The molecule has 3 atom stereocenters. The van der Waals surface area contributed by atoms with Gasteiger partial charge in [0.25, 0.3) is 0 Å². The minimum Gasteiger partial charge on any atom is -0.480 e. The summed E-state index contributed by atoms with van der Waals surface area (Å²) in [4.78, 5) is 8.78. The molecule has 0 bridgehead atoms. The largest absolute Gasteiger partial charge is 0.480 e. The van der Waals surface area contributed by atoms with Crippen LogP contribution >= 0.6 is 23.5 Å². The van der Waals surface area contributed by atoms with Gasteiger partial charge < -0.3 is 10.1 Å². The van der Waals surface area contributed by atoms with Crippen LogP contribution in [0.2, 0.25) is 0 Å². The number of methoxy groups -OCH3 is 1. The summed E-state index contributed by atoms with van der Waals surface area (Å²) < 4.78 is 5.37. The predicted molar refractivity (Wildman–Crippen MR) is 83.2 cm³/mol. The van der Waals surface area contributed by atoms with E-state index < -0.39 is 0 Å². The minimum absolute atomic E-state index is 0.196. The molecular weight excluding hydrogens is 278 g/mol. The summed E-state index contributed by atoms with van der Waals surface area (Å²) in [5, 5.41) is 4.67. The van der Waals surface area contributed by atoms with E-state index in [1.807, 2.05) is 23.5 Å². The Morgan fingerprint density at radius 3 is 2.79 bits per heavy atom. The second-order valence-corrected chi connectivity index (χ2v) is 7.17. The molecule has 2 rings (SSSR count). The van der Waals surface area contributed by atoms with Gasteiger partial charge in [0.1, 0.15) is 5.69 Å². The van der Waals surface area contributed by atoms with Crippen molar-refractivity contribution in [3.05, 3.63) is 18.1 Å². The Morgan fingerprint density at radius 2 is 2.11 bits per heavy atom. The average molecular weight is 299 g/mol. The van der Waals surface area contributed by atoms with Crippen molar-refractivity contribution >= 4 is 23.5 Å². The maximum absolute atomic E-state index is 5.37.